The molecule has 1 aliphatic carbocycles. The molecule has 0 radical (unpaired) electrons. The lowest BCUT2D eigenvalue weighted by atomic mass is 9.77. The molecular weight excluding hydrogens is 230 g/mol. The lowest BCUT2D eigenvalue weighted by Gasteiger charge is -2.32. The maximum atomic E-state index is 12.2. The molecule has 0 aromatic rings. The second-order valence-corrected chi connectivity index (χ2v) is 6.17. The van der Waals surface area contributed by atoms with E-state index in [1.54, 1.807) is 0 Å². The number of carbonyl (C=O) groups is 2. The Kier molecular flexibility index (Phi) is 5.32. The van der Waals surface area contributed by atoms with E-state index in [0.717, 1.165) is 25.7 Å². The normalized spacial score (nSPS) is 21.1. The number of carbonyl (C=O) groups excluding carboxylic acids is 2. The first kappa shape index (κ1) is 15.2. The molecule has 0 amide bonds. The first-order chi connectivity index (χ1) is 8.35. The van der Waals surface area contributed by atoms with Crippen molar-refractivity contribution in [2.24, 2.45) is 17.6 Å². The maximum absolute atomic E-state index is 12.2. The molecule has 1 rings (SSSR count). The second kappa shape index (κ2) is 6.32. The summed E-state index contributed by atoms with van der Waals surface area (Å²) in [4.78, 5) is 23.1. The van der Waals surface area contributed by atoms with Crippen LogP contribution in [0.3, 0.4) is 0 Å². The van der Waals surface area contributed by atoms with Crippen LogP contribution in [0.15, 0.2) is 0 Å². The third kappa shape index (κ3) is 4.41. The summed E-state index contributed by atoms with van der Waals surface area (Å²) < 4.78 is 5.40. The van der Waals surface area contributed by atoms with Gasteiger partial charge in [-0.15, -0.1) is 0 Å². The molecule has 0 spiro atoms. The molecule has 0 saturated heterocycles. The summed E-state index contributed by atoms with van der Waals surface area (Å²) in [7, 11) is 0. The summed E-state index contributed by atoms with van der Waals surface area (Å²) in [5.41, 5.74) is 5.26. The Labute approximate surface area is 109 Å². The van der Waals surface area contributed by atoms with Crippen molar-refractivity contribution in [3.63, 3.8) is 0 Å². The Morgan fingerprint density at radius 1 is 1.28 bits per heavy atom. The van der Waals surface area contributed by atoms with Gasteiger partial charge >= 0.3 is 5.97 Å². The predicted octanol–water partition coefficient (Wildman–Crippen LogP) is 2.05. The zero-order valence-electron chi connectivity index (χ0n) is 11.6. The Hall–Kier alpha value is -0.900. The monoisotopic (exact) mass is 255 g/mol. The lowest BCUT2D eigenvalue weighted by molar-refractivity contribution is -0.164. The molecular formula is C14H25NO3. The highest BCUT2D eigenvalue weighted by atomic mass is 16.6. The van der Waals surface area contributed by atoms with Gasteiger partial charge in [0, 0.05) is 0 Å². The van der Waals surface area contributed by atoms with E-state index in [2.05, 4.69) is 0 Å². The quantitative estimate of drug-likeness (QED) is 0.616. The standard InChI is InChI=1S/C14H25NO3/c1-14(2,3)18-13(17)12(11(15)9-16)10-7-5-4-6-8-10/h9-12H,4-8,15H2,1-3H3. The smallest absolute Gasteiger partial charge is 0.311 e. The molecule has 0 aromatic heterocycles. The molecule has 4 heteroatoms. The van der Waals surface area contributed by atoms with E-state index in [1.165, 1.54) is 6.42 Å². The molecule has 0 heterocycles. The van der Waals surface area contributed by atoms with E-state index < -0.39 is 17.6 Å². The molecule has 104 valence electrons. The SMILES string of the molecule is CC(C)(C)OC(=O)C(C(N)C=O)C1CCCCC1. The Balaban J connectivity index is 2.76. The van der Waals surface area contributed by atoms with Crippen molar-refractivity contribution in [2.45, 2.75) is 64.5 Å². The highest BCUT2D eigenvalue weighted by Gasteiger charge is 2.37. The Bertz CT molecular complexity index is 290. The summed E-state index contributed by atoms with van der Waals surface area (Å²) in [6, 6.07) is -0.747. The summed E-state index contributed by atoms with van der Waals surface area (Å²) in [5, 5.41) is 0. The molecule has 2 atom stereocenters. The third-order valence-electron chi connectivity index (χ3n) is 3.41. The van der Waals surface area contributed by atoms with Crippen LogP contribution in [0.4, 0.5) is 0 Å². The number of rotatable bonds is 4. The minimum absolute atomic E-state index is 0.189. The third-order valence-corrected chi connectivity index (χ3v) is 3.41. The van der Waals surface area contributed by atoms with Crippen molar-refractivity contribution in [3.05, 3.63) is 0 Å². The van der Waals surface area contributed by atoms with Crippen molar-refractivity contribution in [2.75, 3.05) is 0 Å². The molecule has 4 nitrogen and oxygen atoms in total. The summed E-state index contributed by atoms with van der Waals surface area (Å²) in [6.45, 7) is 5.49. The van der Waals surface area contributed by atoms with Gasteiger partial charge in [0.15, 0.2) is 0 Å². The maximum Gasteiger partial charge on any atom is 0.311 e. The van der Waals surface area contributed by atoms with Crippen molar-refractivity contribution in [1.29, 1.82) is 0 Å². The topological polar surface area (TPSA) is 69.4 Å². The largest absolute Gasteiger partial charge is 0.460 e. The van der Waals surface area contributed by atoms with Crippen LogP contribution in [-0.2, 0) is 14.3 Å². The van der Waals surface area contributed by atoms with Crippen LogP contribution in [0.5, 0.6) is 0 Å². The first-order valence-corrected chi connectivity index (χ1v) is 6.79. The second-order valence-electron chi connectivity index (χ2n) is 6.17. The van der Waals surface area contributed by atoms with E-state index in [4.69, 9.17) is 10.5 Å². The highest BCUT2D eigenvalue weighted by Crippen LogP contribution is 2.32. The van der Waals surface area contributed by atoms with Gasteiger partial charge in [0.1, 0.15) is 11.9 Å². The van der Waals surface area contributed by atoms with E-state index in [0.29, 0.717) is 6.29 Å². The minimum Gasteiger partial charge on any atom is -0.460 e. The number of esters is 1. The number of hydrogen-bond donors (Lipinski definition) is 1. The molecule has 0 bridgehead atoms. The molecule has 2 unspecified atom stereocenters. The highest BCUT2D eigenvalue weighted by molar-refractivity contribution is 5.79. The first-order valence-electron chi connectivity index (χ1n) is 6.79. The van der Waals surface area contributed by atoms with Gasteiger partial charge in [0.2, 0.25) is 0 Å². The molecule has 1 saturated carbocycles. The van der Waals surface area contributed by atoms with Crippen molar-refractivity contribution < 1.29 is 14.3 Å². The molecule has 2 N–H and O–H groups in total. The average molecular weight is 255 g/mol. The number of hydrogen-bond acceptors (Lipinski definition) is 4. The van der Waals surface area contributed by atoms with Gasteiger partial charge in [-0.1, -0.05) is 19.3 Å². The fourth-order valence-corrected chi connectivity index (χ4v) is 2.61. The molecule has 0 aliphatic heterocycles. The van der Waals surface area contributed by atoms with E-state index in [1.807, 2.05) is 20.8 Å². The van der Waals surface area contributed by atoms with E-state index in [-0.39, 0.29) is 11.9 Å². The lowest BCUT2D eigenvalue weighted by Crippen LogP contribution is -2.45. The Morgan fingerprint density at radius 2 is 1.83 bits per heavy atom. The molecule has 18 heavy (non-hydrogen) atoms. The van der Waals surface area contributed by atoms with Gasteiger partial charge in [0.25, 0.3) is 0 Å². The number of nitrogens with two attached hydrogens (primary N) is 1. The summed E-state index contributed by atoms with van der Waals surface area (Å²) in [6.07, 6.45) is 6.01. The molecule has 1 fully saturated rings. The number of ether oxygens (including phenoxy) is 1. The minimum atomic E-state index is -0.747. The van der Waals surface area contributed by atoms with Crippen LogP contribution in [-0.4, -0.2) is 23.9 Å². The van der Waals surface area contributed by atoms with Crippen molar-refractivity contribution >= 4 is 12.3 Å². The van der Waals surface area contributed by atoms with Gasteiger partial charge in [-0.25, -0.2) is 0 Å². The fourth-order valence-electron chi connectivity index (χ4n) is 2.61. The van der Waals surface area contributed by atoms with Gasteiger partial charge in [0.05, 0.1) is 12.0 Å². The van der Waals surface area contributed by atoms with Crippen LogP contribution in [0.25, 0.3) is 0 Å². The zero-order chi connectivity index (χ0) is 13.8. The number of aldehydes is 1. The van der Waals surface area contributed by atoms with Crippen LogP contribution in [0, 0.1) is 11.8 Å². The van der Waals surface area contributed by atoms with Crippen LogP contribution in [0.2, 0.25) is 0 Å². The van der Waals surface area contributed by atoms with Crippen molar-refractivity contribution in [1.82, 2.24) is 0 Å². The summed E-state index contributed by atoms with van der Waals surface area (Å²) in [5.74, 6) is -0.621. The zero-order valence-corrected chi connectivity index (χ0v) is 11.6. The molecule has 1 aliphatic rings. The molecule has 0 aromatic carbocycles. The van der Waals surface area contributed by atoms with Gasteiger partial charge < -0.3 is 15.3 Å². The van der Waals surface area contributed by atoms with E-state index >= 15 is 0 Å². The van der Waals surface area contributed by atoms with Gasteiger partial charge in [-0.2, -0.15) is 0 Å². The van der Waals surface area contributed by atoms with Crippen LogP contribution < -0.4 is 5.73 Å². The Morgan fingerprint density at radius 3 is 2.28 bits per heavy atom. The van der Waals surface area contributed by atoms with Crippen molar-refractivity contribution in [3.8, 4) is 0 Å². The van der Waals surface area contributed by atoms with Crippen LogP contribution in [0.1, 0.15) is 52.9 Å². The van der Waals surface area contributed by atoms with E-state index in [9.17, 15) is 9.59 Å². The van der Waals surface area contributed by atoms with Crippen LogP contribution >= 0.6 is 0 Å². The fraction of sp³-hybridized carbons (Fsp3) is 0.857. The van der Waals surface area contributed by atoms with Gasteiger partial charge in [-0.05, 0) is 39.5 Å². The predicted molar refractivity (Wildman–Crippen MR) is 69.9 cm³/mol. The summed E-state index contributed by atoms with van der Waals surface area (Å²) >= 11 is 0. The van der Waals surface area contributed by atoms with Gasteiger partial charge in [-0.3, -0.25) is 4.79 Å². The average Bonchev–Trinajstić information content (AvgIpc) is 2.28.